The number of nitrogens with one attached hydrogen (secondary N) is 2. The van der Waals surface area contributed by atoms with Gasteiger partial charge >= 0.3 is 0 Å². The van der Waals surface area contributed by atoms with Gasteiger partial charge in [0.05, 0.1) is 13.3 Å². The summed E-state index contributed by atoms with van der Waals surface area (Å²) in [5.74, 6) is 2.81. The number of ether oxygens (including phenoxy) is 2. The summed E-state index contributed by atoms with van der Waals surface area (Å²) < 4.78 is 10.6. The van der Waals surface area contributed by atoms with Gasteiger partial charge in [0.25, 0.3) is 0 Å². The highest BCUT2D eigenvalue weighted by atomic mass is 16.5. The van der Waals surface area contributed by atoms with Crippen LogP contribution in [0.2, 0.25) is 0 Å². The molecule has 150 valence electrons. The molecule has 0 fully saturated rings. The van der Waals surface area contributed by atoms with E-state index in [4.69, 9.17) is 15.9 Å². The maximum Gasteiger partial charge on any atom is 0.240 e. The van der Waals surface area contributed by atoms with Crippen molar-refractivity contribution in [2.45, 2.75) is 19.8 Å². The van der Waals surface area contributed by atoms with E-state index in [9.17, 15) is 9.59 Å². The summed E-state index contributed by atoms with van der Waals surface area (Å²) in [5.41, 5.74) is 4.90. The van der Waals surface area contributed by atoms with Crippen molar-refractivity contribution in [2.24, 2.45) is 5.10 Å². The summed E-state index contributed by atoms with van der Waals surface area (Å²) in [7, 11) is 1.52. The molecule has 0 aliphatic carbocycles. The molecular weight excluding hydrogens is 370 g/mol. The summed E-state index contributed by atoms with van der Waals surface area (Å²) in [6.45, 7) is 2.10. The molecule has 0 aliphatic rings. The van der Waals surface area contributed by atoms with Crippen molar-refractivity contribution in [3.8, 4) is 23.8 Å². The average Bonchev–Trinajstić information content (AvgIpc) is 2.72. The Morgan fingerprint density at radius 2 is 1.83 bits per heavy atom. The lowest BCUT2D eigenvalue weighted by Crippen LogP contribution is -2.20. The zero-order valence-corrected chi connectivity index (χ0v) is 16.4. The first-order chi connectivity index (χ1) is 14.0. The number of carbonyl (C=O) groups excluding carboxylic acids is 2. The minimum absolute atomic E-state index is 0.0250. The average molecular weight is 393 g/mol. The van der Waals surface area contributed by atoms with Crippen LogP contribution in [0.1, 0.15) is 24.0 Å². The molecule has 0 heterocycles. The van der Waals surface area contributed by atoms with Gasteiger partial charge in [-0.2, -0.15) is 5.10 Å². The molecule has 2 aromatic carbocycles. The zero-order valence-electron chi connectivity index (χ0n) is 16.4. The van der Waals surface area contributed by atoms with Gasteiger partial charge in [-0.05, 0) is 42.8 Å². The largest absolute Gasteiger partial charge is 0.493 e. The fraction of sp³-hybridized carbons (Fsp3) is 0.227. The predicted octanol–water partition coefficient (Wildman–Crippen LogP) is 2.88. The second kappa shape index (κ2) is 11.1. The molecule has 7 heteroatoms. The third kappa shape index (κ3) is 7.39. The molecule has 0 radical (unpaired) electrons. The molecule has 0 bridgehead atoms. The molecule has 2 aromatic rings. The SMILES string of the molecule is C#CCOc1ccc(C=NNC(=O)CCC(=O)Nc2ccc(C)cc2)cc1OC. The molecule has 0 aromatic heterocycles. The molecule has 2 N–H and O–H groups in total. The van der Waals surface area contributed by atoms with Crippen molar-refractivity contribution < 1.29 is 19.1 Å². The molecule has 0 aliphatic heterocycles. The Hall–Kier alpha value is -3.79. The summed E-state index contributed by atoms with van der Waals surface area (Å²) >= 11 is 0. The van der Waals surface area contributed by atoms with Crippen LogP contribution >= 0.6 is 0 Å². The lowest BCUT2D eigenvalue weighted by molar-refractivity contribution is -0.124. The van der Waals surface area contributed by atoms with E-state index >= 15 is 0 Å². The smallest absolute Gasteiger partial charge is 0.240 e. The number of hydrogen-bond acceptors (Lipinski definition) is 5. The maximum absolute atomic E-state index is 11.9. The molecule has 2 rings (SSSR count). The fourth-order valence-electron chi connectivity index (χ4n) is 2.33. The van der Waals surface area contributed by atoms with Crippen molar-refractivity contribution in [1.82, 2.24) is 5.43 Å². The van der Waals surface area contributed by atoms with Crippen LogP contribution in [0.5, 0.6) is 11.5 Å². The number of hydrazone groups is 1. The normalized spacial score (nSPS) is 10.2. The van der Waals surface area contributed by atoms with Gasteiger partial charge in [0, 0.05) is 18.5 Å². The summed E-state index contributed by atoms with van der Waals surface area (Å²) in [6.07, 6.45) is 6.73. The number of rotatable bonds is 9. The van der Waals surface area contributed by atoms with Crippen LogP contribution < -0.4 is 20.2 Å². The molecule has 0 saturated heterocycles. The van der Waals surface area contributed by atoms with Gasteiger partial charge in [-0.15, -0.1) is 6.42 Å². The van der Waals surface area contributed by atoms with E-state index in [1.165, 1.54) is 13.3 Å². The third-order valence-corrected chi connectivity index (χ3v) is 3.82. The standard InChI is InChI=1S/C22H23N3O4/c1-4-13-29-19-10-7-17(14-20(19)28-3)15-23-25-22(27)12-11-21(26)24-18-8-5-16(2)6-9-18/h1,5-10,14-15H,11-13H2,2-3H3,(H,24,26)(H,25,27). The topological polar surface area (TPSA) is 89.0 Å². The number of methoxy groups -OCH3 is 1. The van der Waals surface area contributed by atoms with E-state index < -0.39 is 0 Å². The molecule has 0 saturated carbocycles. The van der Waals surface area contributed by atoms with E-state index in [-0.39, 0.29) is 31.3 Å². The Morgan fingerprint density at radius 1 is 1.10 bits per heavy atom. The van der Waals surface area contributed by atoms with Gasteiger partial charge in [0.2, 0.25) is 11.8 Å². The van der Waals surface area contributed by atoms with E-state index in [0.29, 0.717) is 22.7 Å². The van der Waals surface area contributed by atoms with Crippen LogP contribution in [-0.4, -0.2) is 31.7 Å². The van der Waals surface area contributed by atoms with Crippen LogP contribution in [0, 0.1) is 19.3 Å². The molecule has 0 atom stereocenters. The molecule has 0 spiro atoms. The lowest BCUT2D eigenvalue weighted by Gasteiger charge is -2.09. The molecular formula is C22H23N3O4. The number of benzene rings is 2. The maximum atomic E-state index is 11.9. The molecule has 7 nitrogen and oxygen atoms in total. The van der Waals surface area contributed by atoms with E-state index in [2.05, 4.69) is 21.8 Å². The van der Waals surface area contributed by atoms with Crippen molar-refractivity contribution in [1.29, 1.82) is 0 Å². The highest BCUT2D eigenvalue weighted by molar-refractivity contribution is 5.93. The second-order valence-electron chi connectivity index (χ2n) is 6.11. The number of hydrogen-bond donors (Lipinski definition) is 2. The second-order valence-corrected chi connectivity index (χ2v) is 6.11. The first kappa shape index (κ1) is 21.5. The van der Waals surface area contributed by atoms with Crippen LogP contribution in [0.15, 0.2) is 47.6 Å². The van der Waals surface area contributed by atoms with Gasteiger partial charge in [-0.25, -0.2) is 5.43 Å². The first-order valence-corrected chi connectivity index (χ1v) is 8.94. The highest BCUT2D eigenvalue weighted by Crippen LogP contribution is 2.27. The van der Waals surface area contributed by atoms with Gasteiger partial charge in [-0.3, -0.25) is 9.59 Å². The Kier molecular flexibility index (Phi) is 8.27. The lowest BCUT2D eigenvalue weighted by atomic mass is 10.2. The van der Waals surface area contributed by atoms with Crippen LogP contribution in [-0.2, 0) is 9.59 Å². The molecule has 2 amide bonds. The Balaban J connectivity index is 1.79. The minimum atomic E-state index is -0.360. The number of terminal acetylenes is 1. The number of carbonyl (C=O) groups is 2. The monoisotopic (exact) mass is 393 g/mol. The van der Waals surface area contributed by atoms with Crippen molar-refractivity contribution in [3.05, 3.63) is 53.6 Å². The summed E-state index contributed by atoms with van der Waals surface area (Å²) in [4.78, 5) is 23.8. The number of amides is 2. The number of anilines is 1. The van der Waals surface area contributed by atoms with E-state index in [0.717, 1.165) is 5.56 Å². The van der Waals surface area contributed by atoms with Gasteiger partial charge in [0.1, 0.15) is 6.61 Å². The van der Waals surface area contributed by atoms with Gasteiger partial charge < -0.3 is 14.8 Å². The van der Waals surface area contributed by atoms with Gasteiger partial charge in [-0.1, -0.05) is 23.6 Å². The highest BCUT2D eigenvalue weighted by Gasteiger charge is 2.07. The van der Waals surface area contributed by atoms with E-state index in [1.54, 1.807) is 18.2 Å². The third-order valence-electron chi connectivity index (χ3n) is 3.82. The van der Waals surface area contributed by atoms with Gasteiger partial charge in [0.15, 0.2) is 11.5 Å². The Bertz CT molecular complexity index is 915. The van der Waals surface area contributed by atoms with Crippen LogP contribution in [0.4, 0.5) is 5.69 Å². The number of aryl methyl sites for hydroxylation is 1. The number of nitrogens with zero attached hydrogens (tertiary/aromatic N) is 1. The van der Waals surface area contributed by atoms with Crippen LogP contribution in [0.25, 0.3) is 0 Å². The summed E-state index contributed by atoms with van der Waals surface area (Å²) in [5, 5.41) is 6.64. The van der Waals surface area contributed by atoms with Crippen molar-refractivity contribution in [3.63, 3.8) is 0 Å². The fourth-order valence-corrected chi connectivity index (χ4v) is 2.33. The Morgan fingerprint density at radius 3 is 2.52 bits per heavy atom. The zero-order chi connectivity index (χ0) is 21.1. The molecule has 0 unspecified atom stereocenters. The van der Waals surface area contributed by atoms with Crippen LogP contribution in [0.3, 0.4) is 0 Å². The van der Waals surface area contributed by atoms with Crippen molar-refractivity contribution in [2.75, 3.05) is 19.0 Å². The first-order valence-electron chi connectivity index (χ1n) is 8.94. The Labute approximate surface area is 170 Å². The summed E-state index contributed by atoms with van der Waals surface area (Å²) in [6, 6.07) is 12.6. The minimum Gasteiger partial charge on any atom is -0.493 e. The van der Waals surface area contributed by atoms with E-state index in [1.807, 2.05) is 31.2 Å². The molecule has 29 heavy (non-hydrogen) atoms. The predicted molar refractivity (Wildman–Crippen MR) is 112 cm³/mol. The van der Waals surface area contributed by atoms with Crippen molar-refractivity contribution >= 4 is 23.7 Å². The quantitative estimate of drug-likeness (QED) is 0.389.